The second kappa shape index (κ2) is 8.85. The molecule has 0 bridgehead atoms. The molecule has 4 rings (SSSR count). The summed E-state index contributed by atoms with van der Waals surface area (Å²) in [6.07, 6.45) is 1.58. The van der Waals surface area contributed by atoms with Gasteiger partial charge in [0, 0.05) is 47.9 Å². The molecule has 1 fully saturated rings. The number of aliphatic hydroxyl groups is 1. The molecule has 8 nitrogen and oxygen atoms in total. The minimum atomic E-state index is -0.237. The van der Waals surface area contributed by atoms with Crippen LogP contribution in [0.4, 0.5) is 0 Å². The van der Waals surface area contributed by atoms with Crippen molar-refractivity contribution in [1.29, 1.82) is 0 Å². The number of nitrogens with zero attached hydrogens (tertiary/aromatic N) is 3. The number of likely N-dealkylation sites (tertiary alicyclic amines) is 1. The van der Waals surface area contributed by atoms with E-state index in [0.29, 0.717) is 24.3 Å². The van der Waals surface area contributed by atoms with Gasteiger partial charge in [-0.25, -0.2) is 0 Å². The molecule has 3 N–H and O–H groups in total. The summed E-state index contributed by atoms with van der Waals surface area (Å²) in [7, 11) is 0. The average molecular weight is 422 g/mol. The van der Waals surface area contributed by atoms with Crippen LogP contribution < -0.4 is 5.32 Å². The lowest BCUT2D eigenvalue weighted by atomic mass is 9.99. The van der Waals surface area contributed by atoms with E-state index in [0.717, 1.165) is 40.7 Å². The minimum Gasteiger partial charge on any atom is -0.395 e. The predicted molar refractivity (Wildman–Crippen MR) is 117 cm³/mol. The SMILES string of the molecule is CCc1[nH]nc(C(=O)N2CC[C@@H](c3cc(C(=O)NCCO)c4ccccc4n3)C2)c1C. The van der Waals surface area contributed by atoms with Gasteiger partial charge in [0.2, 0.25) is 0 Å². The number of aryl methyl sites for hydroxylation is 1. The lowest BCUT2D eigenvalue weighted by Crippen LogP contribution is -2.29. The lowest BCUT2D eigenvalue weighted by molar-refractivity contribution is 0.0783. The fraction of sp³-hybridized carbons (Fsp3) is 0.391. The molecule has 0 radical (unpaired) electrons. The summed E-state index contributed by atoms with van der Waals surface area (Å²) in [6, 6.07) is 9.35. The number of carbonyl (C=O) groups excluding carboxylic acids is 2. The fourth-order valence-corrected chi connectivity index (χ4v) is 4.18. The van der Waals surface area contributed by atoms with Gasteiger partial charge in [-0.2, -0.15) is 5.10 Å². The van der Waals surface area contributed by atoms with Gasteiger partial charge in [0.15, 0.2) is 5.69 Å². The largest absolute Gasteiger partial charge is 0.395 e. The van der Waals surface area contributed by atoms with E-state index in [4.69, 9.17) is 10.1 Å². The minimum absolute atomic E-state index is 0.0443. The molecular formula is C23H27N5O3. The maximum Gasteiger partial charge on any atom is 0.274 e. The number of hydrogen-bond acceptors (Lipinski definition) is 5. The summed E-state index contributed by atoms with van der Waals surface area (Å²) in [6.45, 7) is 5.19. The third-order valence-corrected chi connectivity index (χ3v) is 5.94. The summed E-state index contributed by atoms with van der Waals surface area (Å²) < 4.78 is 0. The Labute approximate surface area is 180 Å². The highest BCUT2D eigenvalue weighted by molar-refractivity contribution is 6.06. The second-order valence-corrected chi connectivity index (χ2v) is 7.86. The molecular weight excluding hydrogens is 394 g/mol. The van der Waals surface area contributed by atoms with Crippen molar-refractivity contribution in [3.8, 4) is 0 Å². The van der Waals surface area contributed by atoms with Crippen molar-refractivity contribution in [2.24, 2.45) is 0 Å². The van der Waals surface area contributed by atoms with E-state index in [1.807, 2.05) is 49.1 Å². The molecule has 1 aromatic carbocycles. The zero-order chi connectivity index (χ0) is 22.0. The smallest absolute Gasteiger partial charge is 0.274 e. The van der Waals surface area contributed by atoms with Gasteiger partial charge in [-0.1, -0.05) is 25.1 Å². The van der Waals surface area contributed by atoms with Gasteiger partial charge >= 0.3 is 0 Å². The highest BCUT2D eigenvalue weighted by Crippen LogP contribution is 2.30. The van der Waals surface area contributed by atoms with Crippen LogP contribution in [0.5, 0.6) is 0 Å². The van der Waals surface area contributed by atoms with Crippen LogP contribution in [-0.2, 0) is 6.42 Å². The fourth-order valence-electron chi connectivity index (χ4n) is 4.18. The first-order valence-corrected chi connectivity index (χ1v) is 10.6. The van der Waals surface area contributed by atoms with E-state index >= 15 is 0 Å². The van der Waals surface area contributed by atoms with E-state index in [9.17, 15) is 9.59 Å². The zero-order valence-corrected chi connectivity index (χ0v) is 17.8. The topological polar surface area (TPSA) is 111 Å². The molecule has 31 heavy (non-hydrogen) atoms. The van der Waals surface area contributed by atoms with Crippen LogP contribution in [0, 0.1) is 6.92 Å². The Hall–Kier alpha value is -3.26. The van der Waals surface area contributed by atoms with Crippen LogP contribution in [0.3, 0.4) is 0 Å². The van der Waals surface area contributed by atoms with E-state index in [1.54, 1.807) is 0 Å². The molecule has 2 aromatic heterocycles. The Morgan fingerprint density at radius 1 is 1.32 bits per heavy atom. The molecule has 0 unspecified atom stereocenters. The molecule has 1 aliphatic rings. The number of benzene rings is 1. The number of H-pyrrole nitrogens is 1. The quantitative estimate of drug-likeness (QED) is 0.565. The number of rotatable bonds is 6. The number of nitrogens with one attached hydrogen (secondary N) is 2. The number of para-hydroxylation sites is 1. The van der Waals surface area contributed by atoms with Gasteiger partial charge in [0.05, 0.1) is 17.7 Å². The number of hydrogen-bond donors (Lipinski definition) is 3. The Balaban J connectivity index is 1.60. The van der Waals surface area contributed by atoms with Crippen LogP contribution in [0.15, 0.2) is 30.3 Å². The predicted octanol–water partition coefficient (Wildman–Crippen LogP) is 2.18. The summed E-state index contributed by atoms with van der Waals surface area (Å²) in [5.41, 5.74) is 4.45. The van der Waals surface area contributed by atoms with Gasteiger partial charge in [-0.15, -0.1) is 0 Å². The number of fused-ring (bicyclic) bond motifs is 1. The molecule has 1 atom stereocenters. The molecule has 3 aromatic rings. The van der Waals surface area contributed by atoms with Crippen molar-refractivity contribution in [3.05, 3.63) is 58.5 Å². The molecule has 0 spiro atoms. The Morgan fingerprint density at radius 3 is 2.87 bits per heavy atom. The molecule has 162 valence electrons. The third kappa shape index (κ3) is 4.03. The number of aromatic amines is 1. The second-order valence-electron chi connectivity index (χ2n) is 7.86. The van der Waals surface area contributed by atoms with Gasteiger partial charge in [-0.05, 0) is 31.9 Å². The van der Waals surface area contributed by atoms with Crippen molar-refractivity contribution in [2.45, 2.75) is 32.6 Å². The van der Waals surface area contributed by atoms with E-state index in [2.05, 4.69) is 15.5 Å². The number of carbonyl (C=O) groups is 2. The van der Waals surface area contributed by atoms with Crippen LogP contribution in [0.2, 0.25) is 0 Å². The molecule has 1 aliphatic heterocycles. The number of aromatic nitrogens is 3. The monoisotopic (exact) mass is 421 g/mol. The van der Waals surface area contributed by atoms with Crippen LogP contribution >= 0.6 is 0 Å². The normalized spacial score (nSPS) is 16.1. The van der Waals surface area contributed by atoms with Crippen molar-refractivity contribution in [3.63, 3.8) is 0 Å². The Morgan fingerprint density at radius 2 is 2.13 bits per heavy atom. The maximum absolute atomic E-state index is 13.0. The number of pyridine rings is 1. The highest BCUT2D eigenvalue weighted by Gasteiger charge is 2.31. The molecule has 0 aliphatic carbocycles. The van der Waals surface area contributed by atoms with E-state index in [1.165, 1.54) is 0 Å². The standard InChI is InChI=1S/C23H27N5O3/c1-3-18-14(2)21(27-26-18)23(31)28-10-8-15(13-28)20-12-17(22(30)24-9-11-29)16-6-4-5-7-19(16)25-20/h4-7,12,15,29H,3,8-11,13H2,1-2H3,(H,24,30)(H,26,27)/t15-/m1/s1. The zero-order valence-electron chi connectivity index (χ0n) is 17.8. The van der Waals surface area contributed by atoms with Gasteiger partial charge < -0.3 is 15.3 Å². The first kappa shape index (κ1) is 21.0. The van der Waals surface area contributed by atoms with E-state index < -0.39 is 0 Å². The summed E-state index contributed by atoms with van der Waals surface area (Å²) in [5.74, 6) is -0.264. The highest BCUT2D eigenvalue weighted by atomic mass is 16.3. The lowest BCUT2D eigenvalue weighted by Gasteiger charge is -2.17. The van der Waals surface area contributed by atoms with E-state index in [-0.39, 0.29) is 30.9 Å². The Kier molecular flexibility index (Phi) is 5.99. The number of aliphatic hydroxyl groups excluding tert-OH is 1. The molecule has 8 heteroatoms. The molecule has 3 heterocycles. The van der Waals surface area contributed by atoms with Gasteiger partial charge in [-0.3, -0.25) is 19.7 Å². The number of amides is 2. The average Bonchev–Trinajstić information content (AvgIpc) is 3.43. The van der Waals surface area contributed by atoms with Gasteiger partial charge in [0.25, 0.3) is 11.8 Å². The van der Waals surface area contributed by atoms with Crippen LogP contribution in [-0.4, -0.2) is 63.2 Å². The third-order valence-electron chi connectivity index (χ3n) is 5.94. The van der Waals surface area contributed by atoms with Crippen LogP contribution in [0.1, 0.15) is 57.1 Å². The van der Waals surface area contributed by atoms with Crippen molar-refractivity contribution in [2.75, 3.05) is 26.2 Å². The first-order valence-electron chi connectivity index (χ1n) is 10.6. The van der Waals surface area contributed by atoms with Crippen LogP contribution in [0.25, 0.3) is 10.9 Å². The molecule has 2 amide bonds. The summed E-state index contributed by atoms with van der Waals surface area (Å²) in [4.78, 5) is 32.3. The first-order chi connectivity index (χ1) is 15.0. The summed E-state index contributed by atoms with van der Waals surface area (Å²) in [5, 5.41) is 19.7. The summed E-state index contributed by atoms with van der Waals surface area (Å²) >= 11 is 0. The molecule has 0 saturated carbocycles. The van der Waals surface area contributed by atoms with Crippen molar-refractivity contribution >= 4 is 22.7 Å². The Bertz CT molecular complexity index is 1120. The van der Waals surface area contributed by atoms with Crippen molar-refractivity contribution < 1.29 is 14.7 Å². The maximum atomic E-state index is 13.0. The van der Waals surface area contributed by atoms with Crippen molar-refractivity contribution in [1.82, 2.24) is 25.4 Å². The molecule has 1 saturated heterocycles. The van der Waals surface area contributed by atoms with Gasteiger partial charge in [0.1, 0.15) is 0 Å².